The molecule has 154 valence electrons. The predicted molar refractivity (Wildman–Crippen MR) is 118 cm³/mol. The summed E-state index contributed by atoms with van der Waals surface area (Å²) in [6, 6.07) is 11.5. The van der Waals surface area contributed by atoms with E-state index in [1.54, 1.807) is 31.4 Å². The maximum atomic E-state index is 12.9. The number of anilines is 1. The number of benzene rings is 2. The van der Waals surface area contributed by atoms with Gasteiger partial charge in [-0.25, -0.2) is 4.98 Å². The van der Waals surface area contributed by atoms with Crippen molar-refractivity contribution >= 4 is 57.5 Å². The van der Waals surface area contributed by atoms with Crippen LogP contribution < -0.4 is 10.9 Å². The number of nitriles is 1. The number of hydrogen-bond donors (Lipinski definition) is 1. The molecule has 0 bridgehead atoms. The van der Waals surface area contributed by atoms with E-state index < -0.39 is 0 Å². The van der Waals surface area contributed by atoms with E-state index in [4.69, 9.17) is 33.2 Å². The van der Waals surface area contributed by atoms with Crippen molar-refractivity contribution in [2.24, 2.45) is 0 Å². The normalized spacial score (nSPS) is 10.7. The van der Waals surface area contributed by atoms with Crippen LogP contribution in [0.5, 0.6) is 0 Å². The lowest BCUT2D eigenvalue weighted by Crippen LogP contribution is -2.26. The van der Waals surface area contributed by atoms with Crippen LogP contribution in [0.1, 0.15) is 5.56 Å². The van der Waals surface area contributed by atoms with Crippen molar-refractivity contribution in [3.63, 3.8) is 0 Å². The summed E-state index contributed by atoms with van der Waals surface area (Å²) in [6.45, 7) is 0.625. The lowest BCUT2D eigenvalue weighted by atomic mass is 10.2. The summed E-state index contributed by atoms with van der Waals surface area (Å²) < 4.78 is 6.57. The molecular formula is C20H16Cl2N4O3S. The van der Waals surface area contributed by atoms with E-state index in [-0.39, 0.29) is 22.2 Å². The number of fused-ring (bicyclic) bond motifs is 1. The number of aromatic nitrogens is 2. The second kappa shape index (κ2) is 9.96. The smallest absolute Gasteiger partial charge is 0.262 e. The molecular weight excluding hydrogens is 447 g/mol. The van der Waals surface area contributed by atoms with Crippen molar-refractivity contribution in [2.75, 3.05) is 24.8 Å². The Balaban J connectivity index is 1.81. The van der Waals surface area contributed by atoms with Gasteiger partial charge in [0.2, 0.25) is 5.91 Å². The molecule has 1 amide bonds. The summed E-state index contributed by atoms with van der Waals surface area (Å²) in [4.78, 5) is 29.8. The van der Waals surface area contributed by atoms with Gasteiger partial charge in [0.25, 0.3) is 5.56 Å². The number of nitrogens with zero attached hydrogens (tertiary/aromatic N) is 3. The third-order valence-corrected chi connectivity index (χ3v) is 5.63. The number of ether oxygens (including phenoxy) is 1. The molecule has 0 saturated carbocycles. The summed E-state index contributed by atoms with van der Waals surface area (Å²) in [5, 5.41) is 13.2. The molecule has 0 aliphatic heterocycles. The van der Waals surface area contributed by atoms with Crippen LogP contribution in [0, 0.1) is 11.3 Å². The Morgan fingerprint density at radius 1 is 1.30 bits per heavy atom. The number of halogens is 2. The predicted octanol–water partition coefficient (Wildman–Crippen LogP) is 3.95. The molecule has 0 unspecified atom stereocenters. The van der Waals surface area contributed by atoms with E-state index in [0.29, 0.717) is 45.5 Å². The Bertz CT molecular complexity index is 1210. The van der Waals surface area contributed by atoms with Crippen LogP contribution >= 0.6 is 35.0 Å². The zero-order valence-electron chi connectivity index (χ0n) is 15.8. The van der Waals surface area contributed by atoms with Crippen LogP contribution in [-0.2, 0) is 16.1 Å². The minimum Gasteiger partial charge on any atom is -0.383 e. The van der Waals surface area contributed by atoms with Crippen molar-refractivity contribution in [1.29, 1.82) is 5.26 Å². The zero-order valence-corrected chi connectivity index (χ0v) is 18.1. The molecule has 0 saturated heterocycles. The monoisotopic (exact) mass is 462 g/mol. The second-order valence-electron chi connectivity index (χ2n) is 6.15. The molecule has 30 heavy (non-hydrogen) atoms. The van der Waals surface area contributed by atoms with E-state index >= 15 is 0 Å². The first-order valence-electron chi connectivity index (χ1n) is 8.74. The average molecular weight is 463 g/mol. The van der Waals surface area contributed by atoms with Crippen LogP contribution in [0.2, 0.25) is 10.0 Å². The zero-order chi connectivity index (χ0) is 21.7. The molecule has 0 fully saturated rings. The van der Waals surface area contributed by atoms with E-state index in [1.165, 1.54) is 16.7 Å². The summed E-state index contributed by atoms with van der Waals surface area (Å²) in [5.74, 6) is -0.289. The van der Waals surface area contributed by atoms with Gasteiger partial charge in [-0.1, -0.05) is 35.0 Å². The lowest BCUT2D eigenvalue weighted by Gasteiger charge is -2.13. The standard InChI is InChI=1S/C20H16Cl2N4O3S/c1-29-7-6-26-19(28)15-5-3-13(21)8-17(15)25-20(26)30-11-18(27)24-14-4-2-12(10-23)16(22)9-14/h2-5,8-9H,6-7,11H2,1H3,(H,24,27). The Morgan fingerprint density at radius 3 is 2.80 bits per heavy atom. The van der Waals surface area contributed by atoms with Crippen LogP contribution in [-0.4, -0.2) is 34.9 Å². The molecule has 7 nitrogen and oxygen atoms in total. The van der Waals surface area contributed by atoms with Gasteiger partial charge >= 0.3 is 0 Å². The fourth-order valence-electron chi connectivity index (χ4n) is 2.67. The number of rotatable bonds is 7. The summed E-state index contributed by atoms with van der Waals surface area (Å²) in [7, 11) is 1.54. The quantitative estimate of drug-likeness (QED) is 0.421. The molecule has 10 heteroatoms. The van der Waals surface area contributed by atoms with Gasteiger partial charge in [0.1, 0.15) is 6.07 Å². The molecule has 1 heterocycles. The van der Waals surface area contributed by atoms with Gasteiger partial charge in [-0.2, -0.15) is 5.26 Å². The van der Waals surface area contributed by atoms with E-state index in [9.17, 15) is 9.59 Å². The van der Waals surface area contributed by atoms with Crippen molar-refractivity contribution in [3.05, 3.63) is 62.4 Å². The number of methoxy groups -OCH3 is 1. The van der Waals surface area contributed by atoms with E-state index in [2.05, 4.69) is 10.3 Å². The number of carbonyl (C=O) groups excluding carboxylic acids is 1. The second-order valence-corrected chi connectivity index (χ2v) is 7.93. The third-order valence-electron chi connectivity index (χ3n) is 4.11. The van der Waals surface area contributed by atoms with Gasteiger partial charge in [0.05, 0.1) is 40.4 Å². The molecule has 1 N–H and O–H groups in total. The van der Waals surface area contributed by atoms with Gasteiger partial charge in [-0.3, -0.25) is 14.2 Å². The Morgan fingerprint density at radius 2 is 2.10 bits per heavy atom. The minimum atomic E-state index is -0.306. The molecule has 3 aromatic rings. The fraction of sp³-hybridized carbons (Fsp3) is 0.200. The number of hydrogen-bond acceptors (Lipinski definition) is 6. The molecule has 1 aromatic heterocycles. The highest BCUT2D eigenvalue weighted by molar-refractivity contribution is 7.99. The van der Waals surface area contributed by atoms with Crippen molar-refractivity contribution < 1.29 is 9.53 Å². The van der Waals surface area contributed by atoms with Gasteiger partial charge in [0.15, 0.2) is 5.16 Å². The summed E-state index contributed by atoms with van der Waals surface area (Å²) >= 11 is 13.1. The van der Waals surface area contributed by atoms with Gasteiger partial charge in [-0.15, -0.1) is 0 Å². The van der Waals surface area contributed by atoms with Crippen LogP contribution in [0.15, 0.2) is 46.3 Å². The molecule has 0 aliphatic rings. The highest BCUT2D eigenvalue weighted by Crippen LogP contribution is 2.22. The molecule has 2 aromatic carbocycles. The fourth-order valence-corrected chi connectivity index (χ4v) is 3.89. The van der Waals surface area contributed by atoms with Crippen molar-refractivity contribution in [2.45, 2.75) is 11.7 Å². The number of amides is 1. The number of nitrogens with one attached hydrogen (secondary N) is 1. The van der Waals surface area contributed by atoms with Gasteiger partial charge < -0.3 is 10.1 Å². The van der Waals surface area contributed by atoms with E-state index in [0.717, 1.165) is 11.8 Å². The average Bonchev–Trinajstić information content (AvgIpc) is 2.71. The molecule has 3 rings (SSSR count). The first-order valence-corrected chi connectivity index (χ1v) is 10.5. The lowest BCUT2D eigenvalue weighted by molar-refractivity contribution is -0.113. The Hall–Kier alpha value is -2.57. The number of thioether (sulfide) groups is 1. The minimum absolute atomic E-state index is 0.0170. The molecule has 0 spiro atoms. The highest BCUT2D eigenvalue weighted by Gasteiger charge is 2.14. The van der Waals surface area contributed by atoms with Crippen molar-refractivity contribution in [1.82, 2.24) is 9.55 Å². The maximum Gasteiger partial charge on any atom is 0.262 e. The van der Waals surface area contributed by atoms with Crippen LogP contribution in [0.25, 0.3) is 10.9 Å². The maximum absolute atomic E-state index is 12.9. The first-order chi connectivity index (χ1) is 14.4. The number of carbonyl (C=O) groups is 1. The Labute approximate surface area is 186 Å². The third kappa shape index (κ3) is 5.12. The van der Waals surface area contributed by atoms with Crippen LogP contribution in [0.4, 0.5) is 5.69 Å². The largest absolute Gasteiger partial charge is 0.383 e. The summed E-state index contributed by atoms with van der Waals surface area (Å²) in [5.41, 5.74) is 1.03. The van der Waals surface area contributed by atoms with E-state index in [1.807, 2.05) is 6.07 Å². The first kappa shape index (κ1) is 22.1. The van der Waals surface area contributed by atoms with Crippen LogP contribution in [0.3, 0.4) is 0 Å². The highest BCUT2D eigenvalue weighted by atomic mass is 35.5. The van der Waals surface area contributed by atoms with Gasteiger partial charge in [0, 0.05) is 17.8 Å². The summed E-state index contributed by atoms with van der Waals surface area (Å²) in [6.07, 6.45) is 0. The topological polar surface area (TPSA) is 97.0 Å². The Kier molecular flexibility index (Phi) is 7.34. The molecule has 0 atom stereocenters. The van der Waals surface area contributed by atoms with Gasteiger partial charge in [-0.05, 0) is 36.4 Å². The molecule has 0 aliphatic carbocycles. The molecule has 0 radical (unpaired) electrons. The SMILES string of the molecule is COCCn1c(SCC(=O)Nc2ccc(C#N)c(Cl)c2)nc2cc(Cl)ccc2c1=O. The van der Waals surface area contributed by atoms with Crippen molar-refractivity contribution in [3.8, 4) is 6.07 Å².